The van der Waals surface area contributed by atoms with E-state index in [0.29, 0.717) is 18.1 Å². The van der Waals surface area contributed by atoms with Crippen LogP contribution in [0.5, 0.6) is 5.75 Å². The molecule has 9 heteroatoms. The van der Waals surface area contributed by atoms with Crippen LogP contribution in [0.1, 0.15) is 18.4 Å². The van der Waals surface area contributed by atoms with Gasteiger partial charge in [-0.3, -0.25) is 9.89 Å². The van der Waals surface area contributed by atoms with Gasteiger partial charge >= 0.3 is 6.61 Å². The first-order chi connectivity index (χ1) is 15.7. The molecule has 2 aromatic rings. The Morgan fingerprint density at radius 1 is 0.970 bits per heavy atom. The van der Waals surface area contributed by atoms with Crippen molar-refractivity contribution in [1.29, 1.82) is 0 Å². The Morgan fingerprint density at radius 3 is 2.36 bits per heavy atom. The Bertz CT molecular complexity index is 833. The second-order valence-corrected chi connectivity index (χ2v) is 7.71. The van der Waals surface area contributed by atoms with Crippen molar-refractivity contribution in [3.05, 3.63) is 60.2 Å². The lowest BCUT2D eigenvalue weighted by atomic mass is 10.2. The second kappa shape index (κ2) is 14.9. The van der Waals surface area contributed by atoms with Crippen molar-refractivity contribution in [3.8, 4) is 5.75 Å². The van der Waals surface area contributed by atoms with Crippen LogP contribution in [-0.2, 0) is 6.54 Å². The molecule has 0 bridgehead atoms. The van der Waals surface area contributed by atoms with Crippen LogP contribution >= 0.6 is 24.0 Å². The molecular formula is C24H34F2IN5O. The third-order valence-corrected chi connectivity index (χ3v) is 5.55. The van der Waals surface area contributed by atoms with Gasteiger partial charge in [-0.15, -0.1) is 24.0 Å². The average molecular weight is 573 g/mol. The SMILES string of the molecule is CN=C(NCCCCN1CCN(c2ccccc2)CC1)NCc1ccccc1OC(F)F.I. The summed E-state index contributed by atoms with van der Waals surface area (Å²) >= 11 is 0. The Hall–Kier alpha value is -2.14. The lowest BCUT2D eigenvalue weighted by molar-refractivity contribution is -0.0504. The third-order valence-electron chi connectivity index (χ3n) is 5.55. The molecule has 0 radical (unpaired) electrons. The number of alkyl halides is 2. The number of guanidine groups is 1. The van der Waals surface area contributed by atoms with E-state index >= 15 is 0 Å². The van der Waals surface area contributed by atoms with Crippen molar-refractivity contribution in [3.63, 3.8) is 0 Å². The molecule has 0 atom stereocenters. The normalized spacial score (nSPS) is 14.7. The summed E-state index contributed by atoms with van der Waals surface area (Å²) in [5.41, 5.74) is 1.96. The number of rotatable bonds is 10. The summed E-state index contributed by atoms with van der Waals surface area (Å²) in [7, 11) is 1.70. The summed E-state index contributed by atoms with van der Waals surface area (Å²) in [6, 6.07) is 17.4. The fraction of sp³-hybridized carbons (Fsp3) is 0.458. The van der Waals surface area contributed by atoms with Gasteiger partial charge in [-0.05, 0) is 37.6 Å². The first-order valence-electron chi connectivity index (χ1n) is 11.2. The van der Waals surface area contributed by atoms with Crippen LogP contribution in [0.4, 0.5) is 14.5 Å². The number of anilines is 1. The number of para-hydroxylation sites is 2. The highest BCUT2D eigenvalue weighted by molar-refractivity contribution is 14.0. The van der Waals surface area contributed by atoms with Crippen LogP contribution in [0.2, 0.25) is 0 Å². The minimum atomic E-state index is -2.84. The van der Waals surface area contributed by atoms with E-state index in [4.69, 9.17) is 0 Å². The number of nitrogens with zero attached hydrogens (tertiary/aromatic N) is 3. The van der Waals surface area contributed by atoms with Crippen molar-refractivity contribution in [1.82, 2.24) is 15.5 Å². The molecule has 182 valence electrons. The van der Waals surface area contributed by atoms with E-state index in [1.54, 1.807) is 31.3 Å². The van der Waals surface area contributed by atoms with Gasteiger partial charge in [0.05, 0.1) is 0 Å². The summed E-state index contributed by atoms with van der Waals surface area (Å²) in [6.07, 6.45) is 2.14. The molecule has 0 aromatic heterocycles. The van der Waals surface area contributed by atoms with Crippen LogP contribution in [0.25, 0.3) is 0 Å². The van der Waals surface area contributed by atoms with Crippen molar-refractivity contribution >= 4 is 35.6 Å². The largest absolute Gasteiger partial charge is 0.434 e. The molecule has 0 saturated carbocycles. The molecule has 1 heterocycles. The number of ether oxygens (including phenoxy) is 1. The maximum atomic E-state index is 12.6. The average Bonchev–Trinajstić information content (AvgIpc) is 2.82. The second-order valence-electron chi connectivity index (χ2n) is 7.71. The highest BCUT2D eigenvalue weighted by Crippen LogP contribution is 2.20. The zero-order valence-electron chi connectivity index (χ0n) is 19.1. The van der Waals surface area contributed by atoms with Crippen LogP contribution in [0, 0.1) is 0 Å². The zero-order valence-corrected chi connectivity index (χ0v) is 21.4. The van der Waals surface area contributed by atoms with Crippen LogP contribution < -0.4 is 20.3 Å². The van der Waals surface area contributed by atoms with Crippen LogP contribution in [0.3, 0.4) is 0 Å². The maximum absolute atomic E-state index is 12.6. The fourth-order valence-corrected chi connectivity index (χ4v) is 3.80. The van der Waals surface area contributed by atoms with Gasteiger partial charge in [0, 0.05) is 57.6 Å². The van der Waals surface area contributed by atoms with Gasteiger partial charge in [-0.2, -0.15) is 8.78 Å². The summed E-state index contributed by atoms with van der Waals surface area (Å²) in [4.78, 5) is 9.17. The van der Waals surface area contributed by atoms with E-state index in [0.717, 1.165) is 52.1 Å². The van der Waals surface area contributed by atoms with E-state index in [2.05, 4.69) is 60.5 Å². The molecule has 0 amide bonds. The molecule has 0 spiro atoms. The molecule has 1 aliphatic rings. The van der Waals surface area contributed by atoms with E-state index < -0.39 is 6.61 Å². The van der Waals surface area contributed by atoms with Crippen molar-refractivity contribution in [2.24, 2.45) is 4.99 Å². The molecular weight excluding hydrogens is 539 g/mol. The minimum absolute atomic E-state index is 0. The van der Waals surface area contributed by atoms with Gasteiger partial charge in [0.15, 0.2) is 5.96 Å². The smallest absolute Gasteiger partial charge is 0.387 e. The molecule has 2 aromatic carbocycles. The predicted molar refractivity (Wildman–Crippen MR) is 141 cm³/mol. The molecule has 2 N–H and O–H groups in total. The molecule has 3 rings (SSSR count). The van der Waals surface area contributed by atoms with E-state index in [1.807, 2.05) is 0 Å². The summed E-state index contributed by atoms with van der Waals surface area (Å²) < 4.78 is 29.7. The van der Waals surface area contributed by atoms with Gasteiger partial charge in [-0.25, -0.2) is 0 Å². The van der Waals surface area contributed by atoms with Gasteiger partial charge in [0.1, 0.15) is 5.75 Å². The predicted octanol–water partition coefficient (Wildman–Crippen LogP) is 4.17. The Kier molecular flexibility index (Phi) is 12.2. The van der Waals surface area contributed by atoms with E-state index in [1.165, 1.54) is 5.69 Å². The fourth-order valence-electron chi connectivity index (χ4n) is 3.80. The topological polar surface area (TPSA) is 52.1 Å². The van der Waals surface area contributed by atoms with Crippen LogP contribution in [-0.4, -0.2) is 63.8 Å². The standard InChI is InChI=1S/C24H33F2N5O.HI/c1-27-24(29-19-20-9-5-6-12-22(20)32-23(25)26)28-13-7-8-14-30-15-17-31(18-16-30)21-10-3-2-4-11-21;/h2-6,9-12,23H,7-8,13-19H2,1H3,(H2,27,28,29);1H. The number of halogens is 3. The molecule has 1 fully saturated rings. The monoisotopic (exact) mass is 573 g/mol. The number of hydrogen-bond acceptors (Lipinski definition) is 4. The van der Waals surface area contributed by atoms with Gasteiger partial charge < -0.3 is 20.3 Å². The van der Waals surface area contributed by atoms with Crippen LogP contribution in [0.15, 0.2) is 59.6 Å². The molecule has 1 saturated heterocycles. The highest BCUT2D eigenvalue weighted by Gasteiger charge is 2.16. The quantitative estimate of drug-likeness (QED) is 0.194. The highest BCUT2D eigenvalue weighted by atomic mass is 127. The molecule has 0 aliphatic carbocycles. The number of hydrogen-bond donors (Lipinski definition) is 2. The first kappa shape index (κ1) is 27.1. The summed E-state index contributed by atoms with van der Waals surface area (Å²) in [5, 5.41) is 6.45. The number of aliphatic imine (C=N–C) groups is 1. The minimum Gasteiger partial charge on any atom is -0.434 e. The molecule has 0 unspecified atom stereocenters. The van der Waals surface area contributed by atoms with Crippen molar-refractivity contribution < 1.29 is 13.5 Å². The Morgan fingerprint density at radius 2 is 1.67 bits per heavy atom. The molecule has 1 aliphatic heterocycles. The number of piperazine rings is 1. The van der Waals surface area contributed by atoms with Crippen molar-refractivity contribution in [2.45, 2.75) is 26.0 Å². The third kappa shape index (κ3) is 9.32. The Labute approximate surface area is 212 Å². The van der Waals surface area contributed by atoms with E-state index in [9.17, 15) is 8.78 Å². The Balaban J connectivity index is 0.00000385. The molecule has 33 heavy (non-hydrogen) atoms. The van der Waals surface area contributed by atoms with Gasteiger partial charge in [0.2, 0.25) is 0 Å². The maximum Gasteiger partial charge on any atom is 0.387 e. The van der Waals surface area contributed by atoms with Crippen molar-refractivity contribution in [2.75, 3.05) is 51.2 Å². The number of unbranched alkanes of at least 4 members (excludes halogenated alkanes) is 1. The van der Waals surface area contributed by atoms with Gasteiger partial charge in [-0.1, -0.05) is 36.4 Å². The summed E-state index contributed by atoms with van der Waals surface area (Å²) in [6.45, 7) is 3.72. The van der Waals surface area contributed by atoms with E-state index in [-0.39, 0.29) is 29.7 Å². The first-order valence-corrected chi connectivity index (χ1v) is 11.2. The van der Waals surface area contributed by atoms with Gasteiger partial charge in [0.25, 0.3) is 0 Å². The number of benzene rings is 2. The number of nitrogens with one attached hydrogen (secondary N) is 2. The molecule has 6 nitrogen and oxygen atoms in total. The summed E-state index contributed by atoms with van der Waals surface area (Å²) in [5.74, 6) is 0.825. The lowest BCUT2D eigenvalue weighted by Crippen LogP contribution is -2.46. The zero-order chi connectivity index (χ0) is 22.6. The lowest BCUT2D eigenvalue weighted by Gasteiger charge is -2.36.